The van der Waals surface area contributed by atoms with Crippen LogP contribution in [0.3, 0.4) is 0 Å². The van der Waals surface area contributed by atoms with Gasteiger partial charge >= 0.3 is 6.18 Å². The predicted molar refractivity (Wildman–Crippen MR) is 138 cm³/mol. The van der Waals surface area contributed by atoms with Crippen LogP contribution in [0.15, 0.2) is 15.8 Å². The largest absolute Gasteiger partial charge is 0.418 e. The van der Waals surface area contributed by atoms with E-state index in [1.807, 2.05) is 12.3 Å². The van der Waals surface area contributed by atoms with Gasteiger partial charge in [0.1, 0.15) is 17.0 Å². The van der Waals surface area contributed by atoms with Crippen LogP contribution in [0, 0.1) is 25.2 Å². The molecule has 0 spiro atoms. The molecule has 1 aliphatic rings. The molecule has 3 aromatic rings. The SMILES string of the molecule is Cc1csc(NC(=O)CCl)n1.Cc1csc(NC(=O)CSc2nc3c(c(C(F)(F)F)c2C#N)CCC3)n1. The molecule has 2 N–H and O–H groups in total. The van der Waals surface area contributed by atoms with Gasteiger partial charge in [-0.2, -0.15) is 18.4 Å². The van der Waals surface area contributed by atoms with Crippen molar-refractivity contribution in [3.8, 4) is 6.07 Å². The molecule has 0 aliphatic heterocycles. The van der Waals surface area contributed by atoms with Crippen LogP contribution in [0.4, 0.5) is 23.4 Å². The molecule has 15 heteroatoms. The van der Waals surface area contributed by atoms with Gasteiger partial charge in [0.2, 0.25) is 11.8 Å². The molecule has 0 fully saturated rings. The van der Waals surface area contributed by atoms with Gasteiger partial charge in [0.15, 0.2) is 10.3 Å². The minimum atomic E-state index is -4.63. The first-order valence-electron chi connectivity index (χ1n) is 10.7. The molecular weight excluding hydrogens is 569 g/mol. The van der Waals surface area contributed by atoms with E-state index in [9.17, 15) is 28.0 Å². The first kappa shape index (κ1) is 28.8. The first-order valence-corrected chi connectivity index (χ1v) is 14.0. The van der Waals surface area contributed by atoms with Crippen molar-refractivity contribution in [3.05, 3.63) is 44.5 Å². The molecule has 196 valence electrons. The van der Waals surface area contributed by atoms with Crippen molar-refractivity contribution in [2.45, 2.75) is 44.3 Å². The summed E-state index contributed by atoms with van der Waals surface area (Å²) >= 11 is 8.76. The Hall–Kier alpha value is -2.73. The number of pyridine rings is 1. The molecule has 2 amide bonds. The highest BCUT2D eigenvalue weighted by Gasteiger charge is 2.40. The average Bonchev–Trinajstić information content (AvgIpc) is 3.57. The average molecular weight is 589 g/mol. The van der Waals surface area contributed by atoms with E-state index < -0.39 is 23.2 Å². The van der Waals surface area contributed by atoms with E-state index in [4.69, 9.17) is 11.6 Å². The van der Waals surface area contributed by atoms with Crippen molar-refractivity contribution < 1.29 is 22.8 Å². The van der Waals surface area contributed by atoms with Crippen LogP contribution >= 0.6 is 46.0 Å². The Labute approximate surface area is 227 Å². The van der Waals surface area contributed by atoms with Crippen LogP contribution in [0.1, 0.15) is 40.2 Å². The predicted octanol–water partition coefficient (Wildman–Crippen LogP) is 5.59. The zero-order valence-corrected chi connectivity index (χ0v) is 22.7. The smallest absolute Gasteiger partial charge is 0.301 e. The highest BCUT2D eigenvalue weighted by atomic mass is 35.5. The summed E-state index contributed by atoms with van der Waals surface area (Å²) in [5.41, 5.74) is 0.748. The number of carbonyl (C=O) groups excluding carboxylic acids is 2. The number of anilines is 2. The zero-order chi connectivity index (χ0) is 27.2. The number of aromatic nitrogens is 3. The van der Waals surface area contributed by atoms with Gasteiger partial charge in [-0.25, -0.2) is 15.0 Å². The standard InChI is InChI=1S/C16H13F3N4OS2.C6H7ClN2OS/c1-8-6-26-15(21-8)23-12(24)7-25-14-10(5-20)13(16(17,18)19)9-3-2-4-11(9)22-14;1-4-3-11-6(8-4)9-5(10)2-7/h6H,2-4,7H2,1H3,(H,21,23,24);3H,2H2,1H3,(H,8,9,10). The maximum atomic E-state index is 13.5. The van der Waals surface area contributed by atoms with Gasteiger partial charge in [0.05, 0.1) is 28.3 Å². The first-order chi connectivity index (χ1) is 17.5. The third-order valence-corrected chi connectivity index (χ3v) is 7.75. The van der Waals surface area contributed by atoms with Crippen molar-refractivity contribution in [3.63, 3.8) is 0 Å². The van der Waals surface area contributed by atoms with E-state index in [0.29, 0.717) is 28.8 Å². The van der Waals surface area contributed by atoms with Crippen LogP contribution in [0.2, 0.25) is 0 Å². The zero-order valence-electron chi connectivity index (χ0n) is 19.5. The van der Waals surface area contributed by atoms with Crippen LogP contribution in [0.5, 0.6) is 0 Å². The van der Waals surface area contributed by atoms with Crippen molar-refractivity contribution in [2.24, 2.45) is 0 Å². The summed E-state index contributed by atoms with van der Waals surface area (Å²) in [4.78, 5) is 35.1. The number of hydrogen-bond donors (Lipinski definition) is 2. The Morgan fingerprint density at radius 2 is 1.68 bits per heavy atom. The van der Waals surface area contributed by atoms with E-state index in [-0.39, 0.29) is 34.6 Å². The molecule has 4 rings (SSSR count). The van der Waals surface area contributed by atoms with E-state index in [1.54, 1.807) is 18.4 Å². The summed E-state index contributed by atoms with van der Waals surface area (Å²) in [6.45, 7) is 3.65. The fourth-order valence-corrected chi connectivity index (χ4v) is 5.62. The van der Waals surface area contributed by atoms with E-state index in [0.717, 1.165) is 23.1 Å². The maximum Gasteiger partial charge on any atom is 0.418 e. The number of halogens is 4. The second-order valence-electron chi connectivity index (χ2n) is 7.66. The molecule has 8 nitrogen and oxygen atoms in total. The Morgan fingerprint density at radius 1 is 1.08 bits per heavy atom. The van der Waals surface area contributed by atoms with Crippen molar-refractivity contribution in [2.75, 3.05) is 22.3 Å². The molecule has 1 aliphatic carbocycles. The number of hydrogen-bond acceptors (Lipinski definition) is 9. The van der Waals surface area contributed by atoms with Crippen molar-refractivity contribution >= 4 is 68.1 Å². The number of carbonyl (C=O) groups is 2. The lowest BCUT2D eigenvalue weighted by molar-refractivity contribution is -0.138. The highest BCUT2D eigenvalue weighted by Crippen LogP contribution is 2.41. The molecular formula is C22H20ClF3N6O2S3. The molecule has 0 saturated carbocycles. The Kier molecular flexibility index (Phi) is 9.88. The molecule has 0 saturated heterocycles. The van der Waals surface area contributed by atoms with Gasteiger partial charge in [-0.15, -0.1) is 34.3 Å². The molecule has 0 aromatic carbocycles. The van der Waals surface area contributed by atoms with Gasteiger partial charge in [0, 0.05) is 16.5 Å². The lowest BCUT2D eigenvalue weighted by Gasteiger charge is -2.16. The quantitative estimate of drug-likeness (QED) is 0.285. The van der Waals surface area contributed by atoms with Crippen LogP contribution in [0.25, 0.3) is 0 Å². The summed E-state index contributed by atoms with van der Waals surface area (Å²) in [6, 6.07) is 1.63. The number of aryl methyl sites for hydroxylation is 3. The van der Waals surface area contributed by atoms with Gasteiger partial charge in [-0.05, 0) is 38.7 Å². The second-order valence-corrected chi connectivity index (χ2v) is 10.6. The second kappa shape index (κ2) is 12.7. The van der Waals surface area contributed by atoms with Crippen LogP contribution < -0.4 is 10.6 Å². The number of fused-ring (bicyclic) bond motifs is 1. The molecule has 3 heterocycles. The lowest BCUT2D eigenvalue weighted by Crippen LogP contribution is -2.16. The number of nitrogens with zero attached hydrogens (tertiary/aromatic N) is 4. The molecule has 0 radical (unpaired) electrons. The van der Waals surface area contributed by atoms with Gasteiger partial charge in [-0.3, -0.25) is 9.59 Å². The topological polar surface area (TPSA) is 121 Å². The fourth-order valence-electron chi connectivity index (χ4n) is 3.34. The molecule has 37 heavy (non-hydrogen) atoms. The Morgan fingerprint density at radius 3 is 2.16 bits per heavy atom. The summed E-state index contributed by atoms with van der Waals surface area (Å²) in [5, 5.41) is 19.0. The maximum absolute atomic E-state index is 13.5. The van der Waals surface area contributed by atoms with E-state index >= 15 is 0 Å². The summed E-state index contributed by atoms with van der Waals surface area (Å²) in [5.74, 6) is -0.820. The minimum absolute atomic E-state index is 0.0291. The number of thiazole rings is 2. The molecule has 0 atom stereocenters. The number of nitrogens with one attached hydrogen (secondary N) is 2. The van der Waals surface area contributed by atoms with Crippen molar-refractivity contribution in [1.82, 2.24) is 15.0 Å². The van der Waals surface area contributed by atoms with E-state index in [1.165, 1.54) is 22.7 Å². The molecule has 3 aromatic heterocycles. The Bertz CT molecular complexity index is 1340. The number of rotatable bonds is 6. The summed E-state index contributed by atoms with van der Waals surface area (Å²) in [6.07, 6.45) is -3.34. The van der Waals surface area contributed by atoms with Gasteiger partial charge in [0.25, 0.3) is 0 Å². The normalized spacial score (nSPS) is 12.2. The van der Waals surface area contributed by atoms with Gasteiger partial charge in [-0.1, -0.05) is 11.8 Å². The summed E-state index contributed by atoms with van der Waals surface area (Å²) in [7, 11) is 0. The lowest BCUT2D eigenvalue weighted by atomic mass is 10.0. The van der Waals surface area contributed by atoms with Gasteiger partial charge < -0.3 is 10.6 Å². The number of amides is 2. The Balaban J connectivity index is 0.000000289. The monoisotopic (exact) mass is 588 g/mol. The van der Waals surface area contributed by atoms with Crippen LogP contribution in [-0.4, -0.2) is 38.4 Å². The fraction of sp³-hybridized carbons (Fsp3) is 0.364. The van der Waals surface area contributed by atoms with Crippen molar-refractivity contribution in [1.29, 1.82) is 5.26 Å². The van der Waals surface area contributed by atoms with Crippen LogP contribution in [-0.2, 0) is 28.6 Å². The summed E-state index contributed by atoms with van der Waals surface area (Å²) < 4.78 is 40.5. The number of alkyl halides is 4. The highest BCUT2D eigenvalue weighted by molar-refractivity contribution is 8.00. The number of nitriles is 1. The minimum Gasteiger partial charge on any atom is -0.301 e. The molecule has 0 unspecified atom stereocenters. The third-order valence-electron chi connectivity index (χ3n) is 4.78. The molecule has 0 bridgehead atoms. The number of thioether (sulfide) groups is 1. The third kappa shape index (κ3) is 7.88. The van der Waals surface area contributed by atoms with E-state index in [2.05, 4.69) is 25.6 Å².